The van der Waals surface area contributed by atoms with E-state index < -0.39 is 0 Å². The van der Waals surface area contributed by atoms with Gasteiger partial charge in [-0.2, -0.15) is 0 Å². The molecule has 132 valence electrons. The minimum Gasteiger partial charge on any atom is -0.493 e. The Morgan fingerprint density at radius 1 is 1.16 bits per heavy atom. The fraction of sp³-hybridized carbons (Fsp3) is 0.400. The summed E-state index contributed by atoms with van der Waals surface area (Å²) >= 11 is 0. The van der Waals surface area contributed by atoms with E-state index in [0.717, 1.165) is 24.2 Å². The van der Waals surface area contributed by atoms with Crippen LogP contribution in [0.4, 0.5) is 0 Å². The number of benzene rings is 1. The summed E-state index contributed by atoms with van der Waals surface area (Å²) in [6, 6.07) is 9.09. The average Bonchev–Trinajstić information content (AvgIpc) is 3.15. The zero-order chi connectivity index (χ0) is 17.6. The fourth-order valence-electron chi connectivity index (χ4n) is 3.10. The van der Waals surface area contributed by atoms with Crippen LogP contribution in [0.3, 0.4) is 0 Å². The van der Waals surface area contributed by atoms with Gasteiger partial charge in [0.25, 0.3) is 5.91 Å². The molecular formula is C20H24N2O3. The number of pyridine rings is 1. The third-order valence-electron chi connectivity index (χ3n) is 4.57. The van der Waals surface area contributed by atoms with Gasteiger partial charge < -0.3 is 14.8 Å². The summed E-state index contributed by atoms with van der Waals surface area (Å²) in [4.78, 5) is 16.2. The highest BCUT2D eigenvalue weighted by atomic mass is 16.5. The lowest BCUT2D eigenvalue weighted by molar-refractivity contribution is 0.0939. The van der Waals surface area contributed by atoms with Crippen LogP contribution in [0.2, 0.25) is 0 Å². The topological polar surface area (TPSA) is 60.5 Å². The minimum absolute atomic E-state index is 0.125. The first-order valence-electron chi connectivity index (χ1n) is 8.73. The molecule has 5 heteroatoms. The average molecular weight is 340 g/mol. The Morgan fingerprint density at radius 3 is 2.56 bits per heavy atom. The first kappa shape index (κ1) is 17.3. The van der Waals surface area contributed by atoms with Crippen LogP contribution in [0.5, 0.6) is 11.5 Å². The van der Waals surface area contributed by atoms with E-state index in [1.165, 1.54) is 12.8 Å². The van der Waals surface area contributed by atoms with Crippen LogP contribution >= 0.6 is 0 Å². The van der Waals surface area contributed by atoms with Gasteiger partial charge in [-0.25, -0.2) is 0 Å². The van der Waals surface area contributed by atoms with Crippen molar-refractivity contribution in [2.75, 3.05) is 7.11 Å². The van der Waals surface area contributed by atoms with E-state index in [1.807, 2.05) is 25.1 Å². The maximum absolute atomic E-state index is 12.3. The van der Waals surface area contributed by atoms with Gasteiger partial charge in [0, 0.05) is 18.0 Å². The molecule has 3 rings (SSSR count). The molecule has 1 amide bonds. The molecule has 1 aliphatic carbocycles. The number of amides is 1. The lowest BCUT2D eigenvalue weighted by atomic mass is 10.1. The van der Waals surface area contributed by atoms with Crippen molar-refractivity contribution in [3.8, 4) is 11.5 Å². The number of methoxy groups -OCH3 is 1. The number of carbonyl (C=O) groups is 1. The van der Waals surface area contributed by atoms with Gasteiger partial charge >= 0.3 is 0 Å². The number of nitrogens with zero attached hydrogens (tertiary/aromatic N) is 1. The van der Waals surface area contributed by atoms with Gasteiger partial charge in [0.15, 0.2) is 11.5 Å². The molecule has 0 saturated heterocycles. The molecule has 1 atom stereocenters. The number of aromatic nitrogens is 1. The van der Waals surface area contributed by atoms with Crippen molar-refractivity contribution in [2.45, 2.75) is 44.8 Å². The molecule has 1 aromatic carbocycles. The Balaban J connectivity index is 1.69. The van der Waals surface area contributed by atoms with E-state index in [4.69, 9.17) is 9.47 Å². The number of carbonyl (C=O) groups excluding carboxylic acids is 1. The SMILES string of the molecule is COc1cc([C@H](C)NC(=O)c2ccncc2)ccc1OC1CCCC1. The van der Waals surface area contributed by atoms with E-state index in [1.54, 1.807) is 31.6 Å². The van der Waals surface area contributed by atoms with Gasteiger partial charge in [-0.05, 0) is 62.4 Å². The molecule has 1 saturated carbocycles. The van der Waals surface area contributed by atoms with Crippen LogP contribution in [0.1, 0.15) is 54.6 Å². The van der Waals surface area contributed by atoms with E-state index >= 15 is 0 Å². The van der Waals surface area contributed by atoms with Crippen molar-refractivity contribution in [3.63, 3.8) is 0 Å². The molecule has 0 radical (unpaired) electrons. The Labute approximate surface area is 148 Å². The zero-order valence-corrected chi connectivity index (χ0v) is 14.7. The molecule has 1 N–H and O–H groups in total. The van der Waals surface area contributed by atoms with E-state index in [2.05, 4.69) is 10.3 Å². The summed E-state index contributed by atoms with van der Waals surface area (Å²) in [5.74, 6) is 1.35. The number of hydrogen-bond acceptors (Lipinski definition) is 4. The van der Waals surface area contributed by atoms with Crippen LogP contribution in [0.25, 0.3) is 0 Å². The summed E-state index contributed by atoms with van der Waals surface area (Å²) in [5, 5.41) is 2.99. The predicted octanol–water partition coefficient (Wildman–Crippen LogP) is 3.90. The molecule has 0 aliphatic heterocycles. The van der Waals surface area contributed by atoms with E-state index in [9.17, 15) is 4.79 Å². The number of hydrogen-bond donors (Lipinski definition) is 1. The van der Waals surface area contributed by atoms with E-state index in [-0.39, 0.29) is 18.1 Å². The predicted molar refractivity (Wildman–Crippen MR) is 96.0 cm³/mol. The molecular weight excluding hydrogens is 316 g/mol. The monoisotopic (exact) mass is 340 g/mol. The zero-order valence-electron chi connectivity index (χ0n) is 14.7. The Morgan fingerprint density at radius 2 is 1.88 bits per heavy atom. The van der Waals surface area contributed by atoms with Gasteiger partial charge in [-0.15, -0.1) is 0 Å². The molecule has 0 unspecified atom stereocenters. The van der Waals surface area contributed by atoms with Crippen molar-refractivity contribution < 1.29 is 14.3 Å². The van der Waals surface area contributed by atoms with Gasteiger partial charge in [0.1, 0.15) is 0 Å². The molecule has 1 heterocycles. The molecule has 1 fully saturated rings. The highest BCUT2D eigenvalue weighted by Crippen LogP contribution is 2.33. The van der Waals surface area contributed by atoms with Crippen LogP contribution in [-0.2, 0) is 0 Å². The Bertz CT molecular complexity index is 712. The standard InChI is InChI=1S/C20H24N2O3/c1-14(22-20(23)15-9-11-21-12-10-15)16-7-8-18(19(13-16)24-2)25-17-5-3-4-6-17/h7-14,17H,3-6H2,1-2H3,(H,22,23)/t14-/m0/s1. The lowest BCUT2D eigenvalue weighted by Crippen LogP contribution is -2.26. The van der Waals surface area contributed by atoms with Gasteiger partial charge in [0.2, 0.25) is 0 Å². The van der Waals surface area contributed by atoms with Crippen LogP contribution in [0.15, 0.2) is 42.7 Å². The first-order valence-corrected chi connectivity index (χ1v) is 8.73. The molecule has 0 spiro atoms. The summed E-state index contributed by atoms with van der Waals surface area (Å²) in [5.41, 5.74) is 1.56. The second-order valence-corrected chi connectivity index (χ2v) is 6.37. The van der Waals surface area contributed by atoms with Gasteiger partial charge in [-0.3, -0.25) is 9.78 Å². The number of nitrogens with one attached hydrogen (secondary N) is 1. The fourth-order valence-corrected chi connectivity index (χ4v) is 3.10. The summed E-state index contributed by atoms with van der Waals surface area (Å²) < 4.78 is 11.6. The van der Waals surface area contributed by atoms with Crippen molar-refractivity contribution in [3.05, 3.63) is 53.9 Å². The second kappa shape index (κ2) is 8.01. The molecule has 2 aromatic rings. The van der Waals surface area contributed by atoms with Crippen molar-refractivity contribution >= 4 is 5.91 Å². The maximum atomic E-state index is 12.3. The lowest BCUT2D eigenvalue weighted by Gasteiger charge is -2.19. The normalized spacial score (nSPS) is 15.6. The molecule has 0 bridgehead atoms. The first-order chi connectivity index (χ1) is 12.2. The highest BCUT2D eigenvalue weighted by Gasteiger charge is 2.19. The summed E-state index contributed by atoms with van der Waals surface area (Å²) in [6.07, 6.45) is 8.15. The Hall–Kier alpha value is -2.56. The molecule has 1 aromatic heterocycles. The molecule has 25 heavy (non-hydrogen) atoms. The molecule has 1 aliphatic rings. The van der Waals surface area contributed by atoms with E-state index in [0.29, 0.717) is 11.3 Å². The third kappa shape index (κ3) is 4.29. The largest absolute Gasteiger partial charge is 0.493 e. The third-order valence-corrected chi connectivity index (χ3v) is 4.57. The quantitative estimate of drug-likeness (QED) is 0.866. The van der Waals surface area contributed by atoms with Crippen molar-refractivity contribution in [1.82, 2.24) is 10.3 Å². The highest BCUT2D eigenvalue weighted by molar-refractivity contribution is 5.94. The van der Waals surface area contributed by atoms with Crippen LogP contribution in [-0.4, -0.2) is 24.1 Å². The van der Waals surface area contributed by atoms with Crippen molar-refractivity contribution in [2.24, 2.45) is 0 Å². The van der Waals surface area contributed by atoms with Crippen LogP contribution in [0, 0.1) is 0 Å². The van der Waals surface area contributed by atoms with Crippen molar-refractivity contribution in [1.29, 1.82) is 0 Å². The summed E-state index contributed by atoms with van der Waals surface area (Å²) in [6.45, 7) is 1.95. The van der Waals surface area contributed by atoms with Crippen LogP contribution < -0.4 is 14.8 Å². The number of rotatable bonds is 6. The molecule has 5 nitrogen and oxygen atoms in total. The van der Waals surface area contributed by atoms with Gasteiger partial charge in [0.05, 0.1) is 19.3 Å². The van der Waals surface area contributed by atoms with Gasteiger partial charge in [-0.1, -0.05) is 6.07 Å². The minimum atomic E-state index is -0.143. The number of ether oxygens (including phenoxy) is 2. The maximum Gasteiger partial charge on any atom is 0.251 e. The smallest absolute Gasteiger partial charge is 0.251 e. The second-order valence-electron chi connectivity index (χ2n) is 6.37. The Kier molecular flexibility index (Phi) is 5.53. The summed E-state index contributed by atoms with van der Waals surface area (Å²) in [7, 11) is 1.64.